The summed E-state index contributed by atoms with van der Waals surface area (Å²) in [5.41, 5.74) is 0. The molecule has 0 aromatic heterocycles. The average molecular weight is 306 g/mol. The van der Waals surface area contributed by atoms with E-state index in [0.29, 0.717) is 0 Å². The molecule has 0 radical (unpaired) electrons. The highest BCUT2D eigenvalue weighted by Crippen LogP contribution is 2.23. The van der Waals surface area contributed by atoms with Crippen molar-refractivity contribution in [3.8, 4) is 0 Å². The summed E-state index contributed by atoms with van der Waals surface area (Å²) in [7, 11) is -8.19. The maximum absolute atomic E-state index is 11.9. The van der Waals surface area contributed by atoms with Crippen molar-refractivity contribution >= 4 is 25.9 Å². The molecule has 1 aromatic carbocycles. The van der Waals surface area contributed by atoms with E-state index in [-0.39, 0.29) is 0 Å². The maximum atomic E-state index is 11.9. The Balaban J connectivity index is 3.35. The van der Waals surface area contributed by atoms with E-state index >= 15 is 0 Å². The van der Waals surface area contributed by atoms with Crippen LogP contribution in [0, 0.1) is 5.92 Å². The fraction of sp³-hybridized carbons (Fsp3) is 0.364. The van der Waals surface area contributed by atoms with Crippen molar-refractivity contribution in [2.24, 2.45) is 5.92 Å². The van der Waals surface area contributed by atoms with Gasteiger partial charge in [0.1, 0.15) is 4.90 Å². The molecule has 0 unspecified atom stereocenters. The zero-order valence-corrected chi connectivity index (χ0v) is 12.3. The van der Waals surface area contributed by atoms with Crippen LogP contribution in [0.4, 0.5) is 0 Å². The minimum absolute atomic E-state index is 0.397. The highest BCUT2D eigenvalue weighted by Gasteiger charge is 2.28. The van der Waals surface area contributed by atoms with Crippen LogP contribution in [0.1, 0.15) is 13.8 Å². The number of carbonyl (C=O) groups is 1. The predicted molar refractivity (Wildman–Crippen MR) is 67.7 cm³/mol. The highest BCUT2D eigenvalue weighted by molar-refractivity contribution is 7.92. The topological polar surface area (TPSA) is 94.6 Å². The summed E-state index contributed by atoms with van der Waals surface area (Å²) in [4.78, 5) is 10.4. The lowest BCUT2D eigenvalue weighted by atomic mass is 10.2. The van der Waals surface area contributed by atoms with Crippen LogP contribution in [0.15, 0.2) is 34.1 Å². The van der Waals surface area contributed by atoms with Gasteiger partial charge in [0, 0.05) is 6.26 Å². The van der Waals surface area contributed by atoms with Gasteiger partial charge in [-0.2, -0.15) is 8.42 Å². The molecule has 6 nitrogen and oxygen atoms in total. The third kappa shape index (κ3) is 3.77. The molecule has 0 aliphatic rings. The number of carbonyl (C=O) groups excluding carboxylic acids is 1. The Morgan fingerprint density at radius 1 is 1.05 bits per heavy atom. The van der Waals surface area contributed by atoms with Gasteiger partial charge < -0.3 is 4.18 Å². The van der Waals surface area contributed by atoms with Crippen LogP contribution in [0.2, 0.25) is 0 Å². The summed E-state index contributed by atoms with van der Waals surface area (Å²) in [6.07, 6.45) is 0.881. The van der Waals surface area contributed by atoms with E-state index in [1.807, 2.05) is 0 Å². The van der Waals surface area contributed by atoms with Gasteiger partial charge in [-0.3, -0.25) is 4.79 Å². The van der Waals surface area contributed by atoms with E-state index in [2.05, 4.69) is 4.18 Å². The third-order valence-corrected chi connectivity index (χ3v) is 4.74. The molecule has 0 amide bonds. The minimum Gasteiger partial charge on any atom is -0.342 e. The van der Waals surface area contributed by atoms with Gasteiger partial charge in [-0.1, -0.05) is 26.0 Å². The molecule has 19 heavy (non-hydrogen) atoms. The Bertz CT molecular complexity index is 686. The second-order valence-electron chi connectivity index (χ2n) is 4.23. The largest absolute Gasteiger partial charge is 0.343 e. The Morgan fingerprint density at radius 2 is 1.53 bits per heavy atom. The number of sulfone groups is 1. The van der Waals surface area contributed by atoms with Crippen LogP contribution in [0.3, 0.4) is 0 Å². The first-order valence-corrected chi connectivity index (χ1v) is 8.63. The predicted octanol–water partition coefficient (Wildman–Crippen LogP) is 0.978. The lowest BCUT2D eigenvalue weighted by Crippen LogP contribution is -2.19. The van der Waals surface area contributed by atoms with E-state index in [0.717, 1.165) is 18.4 Å². The minimum atomic E-state index is -4.45. The maximum Gasteiger partial charge on any atom is 0.343 e. The van der Waals surface area contributed by atoms with Crippen LogP contribution in [0.5, 0.6) is 0 Å². The summed E-state index contributed by atoms with van der Waals surface area (Å²) in [5.74, 6) is -1.58. The molecule has 0 saturated carbocycles. The van der Waals surface area contributed by atoms with E-state index in [1.165, 1.54) is 26.0 Å². The summed E-state index contributed by atoms with van der Waals surface area (Å²) < 4.78 is 51.2. The summed E-state index contributed by atoms with van der Waals surface area (Å²) in [5, 5.41) is 0. The van der Waals surface area contributed by atoms with Gasteiger partial charge in [-0.05, 0) is 12.1 Å². The van der Waals surface area contributed by atoms with Gasteiger partial charge >= 0.3 is 16.1 Å². The molecule has 0 fully saturated rings. The van der Waals surface area contributed by atoms with Crippen molar-refractivity contribution in [2.75, 3.05) is 6.26 Å². The van der Waals surface area contributed by atoms with Gasteiger partial charge in [-0.25, -0.2) is 8.42 Å². The lowest BCUT2D eigenvalue weighted by molar-refractivity contribution is -0.137. The normalized spacial score (nSPS) is 12.4. The number of benzene rings is 1. The van der Waals surface area contributed by atoms with Gasteiger partial charge in [0.2, 0.25) is 0 Å². The Labute approximate surface area is 112 Å². The molecule has 0 aliphatic carbocycles. The lowest BCUT2D eigenvalue weighted by Gasteiger charge is -2.10. The van der Waals surface area contributed by atoms with Crippen molar-refractivity contribution in [3.05, 3.63) is 24.3 Å². The van der Waals surface area contributed by atoms with Crippen LogP contribution in [-0.2, 0) is 28.9 Å². The first-order valence-electron chi connectivity index (χ1n) is 5.33. The van der Waals surface area contributed by atoms with E-state index in [1.54, 1.807) is 0 Å². The van der Waals surface area contributed by atoms with Crippen molar-refractivity contribution in [1.82, 2.24) is 0 Å². The first-order chi connectivity index (χ1) is 8.55. The highest BCUT2D eigenvalue weighted by atomic mass is 32.2. The summed E-state index contributed by atoms with van der Waals surface area (Å²) in [6, 6.07) is 4.97. The van der Waals surface area contributed by atoms with Crippen molar-refractivity contribution < 1.29 is 25.8 Å². The molecule has 0 spiro atoms. The zero-order chi connectivity index (χ0) is 14.8. The fourth-order valence-corrected chi connectivity index (χ4v) is 3.79. The zero-order valence-electron chi connectivity index (χ0n) is 10.7. The van der Waals surface area contributed by atoms with Crippen molar-refractivity contribution in [3.63, 3.8) is 0 Å². The molecule has 0 saturated heterocycles. The monoisotopic (exact) mass is 306 g/mol. The first kappa shape index (κ1) is 15.6. The van der Waals surface area contributed by atoms with Crippen LogP contribution in [-0.4, -0.2) is 29.1 Å². The van der Waals surface area contributed by atoms with Crippen LogP contribution in [0.25, 0.3) is 0 Å². The summed E-state index contributed by atoms with van der Waals surface area (Å²) in [6.45, 7) is 2.95. The van der Waals surface area contributed by atoms with Gasteiger partial charge in [0.15, 0.2) is 9.84 Å². The molecule has 0 N–H and O–H groups in total. The van der Waals surface area contributed by atoms with Crippen LogP contribution < -0.4 is 0 Å². The second kappa shape index (κ2) is 5.30. The second-order valence-corrected chi connectivity index (χ2v) is 7.73. The Kier molecular flexibility index (Phi) is 4.36. The molecule has 0 atom stereocenters. The average Bonchev–Trinajstić information content (AvgIpc) is 2.27. The quantitative estimate of drug-likeness (QED) is 0.770. The van der Waals surface area contributed by atoms with Gasteiger partial charge in [0.05, 0.1) is 10.8 Å². The van der Waals surface area contributed by atoms with Gasteiger partial charge in [0.25, 0.3) is 0 Å². The Morgan fingerprint density at radius 3 is 1.95 bits per heavy atom. The molecular weight excluding hydrogens is 292 g/mol. The van der Waals surface area contributed by atoms with Crippen LogP contribution >= 0.6 is 0 Å². The number of rotatable bonds is 4. The summed E-state index contributed by atoms with van der Waals surface area (Å²) >= 11 is 0. The van der Waals surface area contributed by atoms with E-state index < -0.39 is 41.6 Å². The molecule has 8 heteroatoms. The standard InChI is InChI=1S/C11H14O6S2/c1-8(2)11(12)17-19(15,16)10-7-5-4-6-9(10)18(3,13)14/h4-8H,1-3H3. The molecule has 1 aromatic rings. The molecule has 1 rings (SSSR count). The van der Waals surface area contributed by atoms with Crippen molar-refractivity contribution in [2.45, 2.75) is 23.6 Å². The molecule has 0 heterocycles. The van der Waals surface area contributed by atoms with E-state index in [4.69, 9.17) is 0 Å². The number of hydrogen-bond acceptors (Lipinski definition) is 6. The number of hydrogen-bond donors (Lipinski definition) is 0. The smallest absolute Gasteiger partial charge is 0.342 e. The fourth-order valence-electron chi connectivity index (χ4n) is 1.21. The molecule has 0 aliphatic heterocycles. The van der Waals surface area contributed by atoms with Crippen molar-refractivity contribution in [1.29, 1.82) is 0 Å². The molecule has 0 bridgehead atoms. The molecular formula is C11H14O6S2. The third-order valence-electron chi connectivity index (χ3n) is 2.18. The SMILES string of the molecule is CC(C)C(=O)OS(=O)(=O)c1ccccc1S(C)(=O)=O. The molecule has 106 valence electrons. The van der Waals surface area contributed by atoms with E-state index in [9.17, 15) is 21.6 Å². The van der Waals surface area contributed by atoms with Gasteiger partial charge in [-0.15, -0.1) is 0 Å². The Hall–Kier alpha value is -1.41.